The first kappa shape index (κ1) is 21.7. The van der Waals surface area contributed by atoms with Crippen LogP contribution < -0.4 is 11.1 Å². The van der Waals surface area contributed by atoms with Crippen LogP contribution in [-0.2, 0) is 0 Å². The van der Waals surface area contributed by atoms with Gasteiger partial charge in [0.25, 0.3) is 0 Å². The van der Waals surface area contributed by atoms with Crippen LogP contribution in [-0.4, -0.2) is 12.8 Å². The van der Waals surface area contributed by atoms with Gasteiger partial charge in [-0.3, -0.25) is 4.99 Å². The quantitative estimate of drug-likeness (QED) is 0.601. The lowest BCUT2D eigenvalue weighted by Gasteiger charge is -2.38. The first-order valence-electron chi connectivity index (χ1n) is 11.2. The van der Waals surface area contributed by atoms with E-state index in [1.807, 2.05) is 13.2 Å². The van der Waals surface area contributed by atoms with Gasteiger partial charge in [-0.15, -0.1) is 0 Å². The summed E-state index contributed by atoms with van der Waals surface area (Å²) in [4.78, 5) is 5.22. The SMILES string of the molecule is CC/C1=C(C)/N=C2/CCC(C)(C)C/C2=C(NC)/C(=C/N)C1C1=C(C)C(C)CC=C1. The molecule has 2 unspecified atom stereocenters. The second-order valence-electron chi connectivity index (χ2n) is 9.70. The van der Waals surface area contributed by atoms with Gasteiger partial charge >= 0.3 is 0 Å². The van der Waals surface area contributed by atoms with Crippen LogP contribution in [0.4, 0.5) is 0 Å². The van der Waals surface area contributed by atoms with Crippen molar-refractivity contribution in [3.63, 3.8) is 0 Å². The van der Waals surface area contributed by atoms with Crippen molar-refractivity contribution in [1.29, 1.82) is 0 Å². The fraction of sp³-hybridized carbons (Fsp3) is 0.577. The Kier molecular flexibility index (Phi) is 6.26. The van der Waals surface area contributed by atoms with Gasteiger partial charge in [-0.05, 0) is 74.0 Å². The molecule has 1 heterocycles. The number of rotatable bonds is 3. The summed E-state index contributed by atoms with van der Waals surface area (Å²) >= 11 is 0. The Morgan fingerprint density at radius 1 is 1.31 bits per heavy atom. The second-order valence-corrected chi connectivity index (χ2v) is 9.70. The Morgan fingerprint density at radius 2 is 2.03 bits per heavy atom. The molecule has 3 N–H and O–H groups in total. The Balaban J connectivity index is 2.32. The maximum Gasteiger partial charge on any atom is 0.0459 e. The third kappa shape index (κ3) is 4.01. The molecule has 1 aliphatic heterocycles. The topological polar surface area (TPSA) is 50.4 Å². The van der Waals surface area contributed by atoms with Gasteiger partial charge in [0.05, 0.1) is 0 Å². The van der Waals surface area contributed by atoms with E-state index in [-0.39, 0.29) is 11.3 Å². The standard InChI is InChI=1S/C26H39N3/c1-8-19-18(4)29-23-12-13-26(5,6)14-21(23)25(28-7)22(15-27)24(19)20-11-9-10-16(2)17(20)3/h9,11,15-16,24,28H,8,10,12-14,27H2,1-7H3/b19-18-,22-15+,25-21+,29-23-. The van der Waals surface area contributed by atoms with E-state index in [4.69, 9.17) is 10.7 Å². The number of likely N-dealkylation sites (N-methyl/N-ethyl adjacent to an activating group) is 1. The van der Waals surface area contributed by atoms with Crippen molar-refractivity contribution >= 4 is 5.71 Å². The minimum absolute atomic E-state index is 0.161. The zero-order valence-electron chi connectivity index (χ0n) is 19.4. The van der Waals surface area contributed by atoms with Crippen molar-refractivity contribution in [2.75, 3.05) is 7.05 Å². The van der Waals surface area contributed by atoms with Crippen LogP contribution in [0.5, 0.6) is 0 Å². The summed E-state index contributed by atoms with van der Waals surface area (Å²) in [7, 11) is 2.03. The summed E-state index contributed by atoms with van der Waals surface area (Å²) in [5, 5.41) is 3.55. The normalized spacial score (nSPS) is 35.7. The largest absolute Gasteiger partial charge is 0.404 e. The van der Waals surface area contributed by atoms with Gasteiger partial charge in [0.2, 0.25) is 0 Å². The highest BCUT2D eigenvalue weighted by Crippen LogP contribution is 2.46. The molecule has 3 rings (SSSR count). The molecule has 0 amide bonds. The lowest BCUT2D eigenvalue weighted by Crippen LogP contribution is -2.31. The number of fused-ring (bicyclic) bond motifs is 1. The highest BCUT2D eigenvalue weighted by Gasteiger charge is 2.36. The van der Waals surface area contributed by atoms with Crippen molar-refractivity contribution < 1.29 is 0 Å². The van der Waals surface area contributed by atoms with Crippen molar-refractivity contribution in [2.24, 2.45) is 28.0 Å². The van der Waals surface area contributed by atoms with Gasteiger partial charge in [0.15, 0.2) is 0 Å². The molecule has 3 heteroatoms. The van der Waals surface area contributed by atoms with Gasteiger partial charge in [0.1, 0.15) is 0 Å². The van der Waals surface area contributed by atoms with Crippen LogP contribution in [0, 0.1) is 17.3 Å². The van der Waals surface area contributed by atoms with Crippen LogP contribution in [0.1, 0.15) is 73.6 Å². The van der Waals surface area contributed by atoms with Gasteiger partial charge in [-0.2, -0.15) is 0 Å². The van der Waals surface area contributed by atoms with Gasteiger partial charge in [0, 0.05) is 41.8 Å². The first-order valence-corrected chi connectivity index (χ1v) is 11.2. The number of hydrogen-bond donors (Lipinski definition) is 2. The van der Waals surface area contributed by atoms with E-state index >= 15 is 0 Å². The molecule has 0 saturated heterocycles. The highest BCUT2D eigenvalue weighted by atomic mass is 14.9. The van der Waals surface area contributed by atoms with Gasteiger partial charge < -0.3 is 11.1 Å². The lowest BCUT2D eigenvalue weighted by molar-refractivity contribution is 0.328. The number of aliphatic imine (C=N–C) groups is 1. The Hall–Kier alpha value is -2.03. The Bertz CT molecular complexity index is 858. The van der Waals surface area contributed by atoms with E-state index in [2.05, 4.69) is 59.0 Å². The van der Waals surface area contributed by atoms with Crippen molar-refractivity contribution in [3.05, 3.63) is 57.6 Å². The smallest absolute Gasteiger partial charge is 0.0459 e. The molecule has 0 radical (unpaired) electrons. The number of hydrogen-bond acceptors (Lipinski definition) is 3. The van der Waals surface area contributed by atoms with Crippen LogP contribution in [0.15, 0.2) is 62.6 Å². The molecule has 1 fully saturated rings. The highest BCUT2D eigenvalue weighted by molar-refractivity contribution is 6.03. The maximum absolute atomic E-state index is 6.37. The molecule has 0 aromatic heterocycles. The molecule has 0 aromatic carbocycles. The molecule has 29 heavy (non-hydrogen) atoms. The minimum Gasteiger partial charge on any atom is -0.404 e. The molecule has 158 valence electrons. The predicted octanol–water partition coefficient (Wildman–Crippen LogP) is 6.18. The summed E-state index contributed by atoms with van der Waals surface area (Å²) in [5.41, 5.74) is 17.1. The van der Waals surface area contributed by atoms with Gasteiger partial charge in [-0.1, -0.05) is 45.4 Å². The third-order valence-corrected chi connectivity index (χ3v) is 7.16. The molecule has 2 atom stereocenters. The van der Waals surface area contributed by atoms with Gasteiger partial charge in [-0.25, -0.2) is 0 Å². The van der Waals surface area contributed by atoms with Crippen LogP contribution >= 0.6 is 0 Å². The Morgan fingerprint density at radius 3 is 2.66 bits per heavy atom. The third-order valence-electron chi connectivity index (χ3n) is 7.16. The van der Waals surface area contributed by atoms with Crippen LogP contribution in [0.3, 0.4) is 0 Å². The molecule has 0 bridgehead atoms. The molecular weight excluding hydrogens is 354 g/mol. The summed E-state index contributed by atoms with van der Waals surface area (Å²) in [6.45, 7) is 13.8. The monoisotopic (exact) mass is 393 g/mol. The van der Waals surface area contributed by atoms with E-state index < -0.39 is 0 Å². The Labute approximate surface area is 177 Å². The van der Waals surface area contributed by atoms with Crippen molar-refractivity contribution in [1.82, 2.24) is 5.32 Å². The van der Waals surface area contributed by atoms with E-state index in [9.17, 15) is 0 Å². The number of nitrogens with two attached hydrogens (primary N) is 1. The predicted molar refractivity (Wildman–Crippen MR) is 126 cm³/mol. The average Bonchev–Trinajstić information content (AvgIpc) is 2.67. The second kappa shape index (κ2) is 8.38. The summed E-state index contributed by atoms with van der Waals surface area (Å²) < 4.78 is 0. The molecule has 0 aromatic rings. The van der Waals surface area contributed by atoms with Crippen molar-refractivity contribution in [2.45, 2.75) is 73.6 Å². The van der Waals surface area contributed by atoms with E-state index in [1.54, 1.807) is 0 Å². The van der Waals surface area contributed by atoms with E-state index in [0.29, 0.717) is 5.92 Å². The molecule has 1 saturated carbocycles. The average molecular weight is 394 g/mol. The lowest BCUT2D eigenvalue weighted by atomic mass is 9.70. The van der Waals surface area contributed by atoms with Crippen molar-refractivity contribution in [3.8, 4) is 0 Å². The molecule has 2 aliphatic carbocycles. The van der Waals surface area contributed by atoms with Crippen LogP contribution in [0.25, 0.3) is 0 Å². The van der Waals surface area contributed by atoms with Crippen LogP contribution in [0.2, 0.25) is 0 Å². The molecule has 3 aliphatic rings. The number of nitrogens with zero attached hydrogens (tertiary/aromatic N) is 1. The number of allylic oxidation sites excluding steroid dienone is 8. The summed E-state index contributed by atoms with van der Waals surface area (Å²) in [6.07, 6.45) is 11.8. The molecule has 0 spiro atoms. The molecular formula is C26H39N3. The minimum atomic E-state index is 0.161. The zero-order valence-corrected chi connectivity index (χ0v) is 19.4. The maximum atomic E-state index is 6.37. The summed E-state index contributed by atoms with van der Waals surface area (Å²) in [5.74, 6) is 0.727. The fourth-order valence-corrected chi connectivity index (χ4v) is 5.23. The molecule has 3 nitrogen and oxygen atoms in total. The first-order chi connectivity index (χ1) is 13.7. The fourth-order valence-electron chi connectivity index (χ4n) is 5.23. The zero-order chi connectivity index (χ0) is 21.3. The van der Waals surface area contributed by atoms with E-state index in [0.717, 1.165) is 25.7 Å². The number of nitrogens with one attached hydrogen (secondary N) is 1. The summed E-state index contributed by atoms with van der Waals surface area (Å²) in [6, 6.07) is 0. The van der Waals surface area contributed by atoms with E-state index in [1.165, 1.54) is 51.4 Å².